The fourth-order valence-electron chi connectivity index (χ4n) is 2.25. The van der Waals surface area contributed by atoms with E-state index in [1.807, 2.05) is 17.9 Å². The van der Waals surface area contributed by atoms with Crippen LogP contribution in [0.5, 0.6) is 0 Å². The molecule has 1 aromatic heterocycles. The summed E-state index contributed by atoms with van der Waals surface area (Å²) in [7, 11) is 1.99. The second kappa shape index (κ2) is 4.77. The van der Waals surface area contributed by atoms with Gasteiger partial charge < -0.3 is 11.1 Å². The summed E-state index contributed by atoms with van der Waals surface area (Å²) in [5, 5.41) is 7.70. The molecule has 0 amide bonds. The van der Waals surface area contributed by atoms with Crippen LogP contribution in [0.3, 0.4) is 0 Å². The molecule has 1 aliphatic rings. The van der Waals surface area contributed by atoms with Crippen molar-refractivity contribution in [2.24, 2.45) is 12.8 Å². The van der Waals surface area contributed by atoms with E-state index < -0.39 is 0 Å². The molecule has 2 rings (SSSR count). The average molecular weight is 208 g/mol. The monoisotopic (exact) mass is 208 g/mol. The molecule has 2 atom stereocenters. The maximum absolute atomic E-state index is 5.86. The lowest BCUT2D eigenvalue weighted by molar-refractivity contribution is 0.514. The van der Waals surface area contributed by atoms with Crippen molar-refractivity contribution in [1.29, 1.82) is 0 Å². The predicted molar refractivity (Wildman–Crippen MR) is 60.5 cm³/mol. The minimum atomic E-state index is 0.416. The zero-order chi connectivity index (χ0) is 10.7. The third-order valence-corrected chi connectivity index (χ3v) is 3.21. The van der Waals surface area contributed by atoms with Gasteiger partial charge in [-0.15, -0.1) is 0 Å². The molecule has 1 fully saturated rings. The Balaban J connectivity index is 1.69. The van der Waals surface area contributed by atoms with Gasteiger partial charge in [0.25, 0.3) is 0 Å². The van der Waals surface area contributed by atoms with Crippen LogP contribution in [0.4, 0.5) is 0 Å². The summed E-state index contributed by atoms with van der Waals surface area (Å²) in [6.45, 7) is 1.02. The Bertz CT molecular complexity index is 307. The molecule has 4 heteroatoms. The Labute approximate surface area is 90.8 Å². The number of hydrogen-bond acceptors (Lipinski definition) is 3. The first-order valence-electron chi connectivity index (χ1n) is 5.71. The van der Waals surface area contributed by atoms with Crippen molar-refractivity contribution in [3.8, 4) is 0 Å². The second-order valence-electron chi connectivity index (χ2n) is 4.42. The van der Waals surface area contributed by atoms with E-state index in [1.165, 1.54) is 18.5 Å². The van der Waals surface area contributed by atoms with Gasteiger partial charge in [0, 0.05) is 44.0 Å². The summed E-state index contributed by atoms with van der Waals surface area (Å²) in [4.78, 5) is 0. The van der Waals surface area contributed by atoms with Gasteiger partial charge in [-0.3, -0.25) is 4.68 Å². The van der Waals surface area contributed by atoms with Crippen molar-refractivity contribution >= 4 is 0 Å². The summed E-state index contributed by atoms with van der Waals surface area (Å²) in [5.41, 5.74) is 7.14. The van der Waals surface area contributed by atoms with Crippen molar-refractivity contribution in [1.82, 2.24) is 15.1 Å². The summed E-state index contributed by atoms with van der Waals surface area (Å²) in [5.74, 6) is 0. The molecule has 1 heterocycles. The first-order valence-corrected chi connectivity index (χ1v) is 5.71. The van der Waals surface area contributed by atoms with E-state index in [9.17, 15) is 0 Å². The zero-order valence-corrected chi connectivity index (χ0v) is 9.32. The number of aryl methyl sites for hydroxylation is 1. The van der Waals surface area contributed by atoms with E-state index in [0.717, 1.165) is 19.4 Å². The van der Waals surface area contributed by atoms with Crippen LogP contribution >= 0.6 is 0 Å². The third-order valence-electron chi connectivity index (χ3n) is 3.21. The Morgan fingerprint density at radius 3 is 3.07 bits per heavy atom. The molecule has 0 bridgehead atoms. The van der Waals surface area contributed by atoms with Gasteiger partial charge in [-0.05, 0) is 25.3 Å². The van der Waals surface area contributed by atoms with E-state index in [1.54, 1.807) is 0 Å². The summed E-state index contributed by atoms with van der Waals surface area (Å²) in [6.07, 6.45) is 6.42. The molecule has 84 valence electrons. The fourth-order valence-corrected chi connectivity index (χ4v) is 2.25. The second-order valence-corrected chi connectivity index (χ2v) is 4.42. The lowest BCUT2D eigenvalue weighted by Crippen LogP contribution is -2.30. The molecule has 1 saturated carbocycles. The molecule has 4 nitrogen and oxygen atoms in total. The molecule has 15 heavy (non-hydrogen) atoms. The number of rotatable bonds is 4. The molecular weight excluding hydrogens is 188 g/mol. The van der Waals surface area contributed by atoms with Gasteiger partial charge in [-0.1, -0.05) is 0 Å². The van der Waals surface area contributed by atoms with Crippen LogP contribution < -0.4 is 11.1 Å². The maximum atomic E-state index is 5.86. The maximum Gasteiger partial charge on any atom is 0.0492 e. The van der Waals surface area contributed by atoms with Crippen LogP contribution in [0.2, 0.25) is 0 Å². The van der Waals surface area contributed by atoms with Crippen molar-refractivity contribution in [3.63, 3.8) is 0 Å². The van der Waals surface area contributed by atoms with Crippen LogP contribution in [-0.2, 0) is 13.5 Å². The summed E-state index contributed by atoms with van der Waals surface area (Å²) >= 11 is 0. The largest absolute Gasteiger partial charge is 0.328 e. The normalized spacial score (nSPS) is 26.0. The van der Waals surface area contributed by atoms with Crippen molar-refractivity contribution < 1.29 is 0 Å². The molecule has 0 aromatic carbocycles. The molecule has 3 N–H and O–H groups in total. The highest BCUT2D eigenvalue weighted by molar-refractivity contribution is 5.00. The van der Waals surface area contributed by atoms with Gasteiger partial charge in [0.15, 0.2) is 0 Å². The fraction of sp³-hybridized carbons (Fsp3) is 0.727. The van der Waals surface area contributed by atoms with E-state index >= 15 is 0 Å². The van der Waals surface area contributed by atoms with Gasteiger partial charge in [-0.25, -0.2) is 0 Å². The highest BCUT2D eigenvalue weighted by Gasteiger charge is 2.20. The number of nitrogens with two attached hydrogens (primary N) is 1. The Kier molecular flexibility index (Phi) is 3.38. The Morgan fingerprint density at radius 1 is 1.60 bits per heavy atom. The number of aromatic nitrogens is 2. The molecular formula is C11H20N4. The van der Waals surface area contributed by atoms with E-state index in [-0.39, 0.29) is 0 Å². The lowest BCUT2D eigenvalue weighted by atomic mass is 10.2. The predicted octanol–water partition coefficient (Wildman–Crippen LogP) is 0.432. The molecule has 0 saturated heterocycles. The van der Waals surface area contributed by atoms with Crippen LogP contribution in [0, 0.1) is 0 Å². The highest BCUT2D eigenvalue weighted by Crippen LogP contribution is 2.16. The highest BCUT2D eigenvalue weighted by atomic mass is 15.3. The van der Waals surface area contributed by atoms with Gasteiger partial charge in [-0.2, -0.15) is 5.10 Å². The van der Waals surface area contributed by atoms with Crippen LogP contribution in [-0.4, -0.2) is 28.4 Å². The first kappa shape index (κ1) is 10.6. The number of nitrogens with one attached hydrogen (secondary N) is 1. The average Bonchev–Trinajstić information content (AvgIpc) is 2.77. The minimum Gasteiger partial charge on any atom is -0.328 e. The quantitative estimate of drug-likeness (QED) is 0.754. The topological polar surface area (TPSA) is 55.9 Å². The Morgan fingerprint density at radius 2 is 2.47 bits per heavy atom. The molecule has 0 spiro atoms. The Hall–Kier alpha value is -0.870. The van der Waals surface area contributed by atoms with E-state index in [0.29, 0.717) is 12.1 Å². The standard InChI is InChI=1S/C11H20N4/c1-15-11(5-7-14-15)4-6-13-10-3-2-9(12)8-10/h5,7,9-10,13H,2-4,6,8,12H2,1H3. The van der Waals surface area contributed by atoms with Crippen molar-refractivity contribution in [2.75, 3.05) is 6.54 Å². The van der Waals surface area contributed by atoms with Gasteiger partial charge >= 0.3 is 0 Å². The van der Waals surface area contributed by atoms with Crippen molar-refractivity contribution in [2.45, 2.75) is 37.8 Å². The first-order chi connectivity index (χ1) is 7.25. The SMILES string of the molecule is Cn1nccc1CCNC1CCC(N)C1. The smallest absolute Gasteiger partial charge is 0.0492 e. The minimum absolute atomic E-state index is 0.416. The lowest BCUT2D eigenvalue weighted by Gasteiger charge is -2.11. The molecule has 0 aliphatic heterocycles. The summed E-state index contributed by atoms with van der Waals surface area (Å²) in [6, 6.07) is 3.12. The molecule has 0 radical (unpaired) electrons. The third kappa shape index (κ3) is 2.79. The van der Waals surface area contributed by atoms with Crippen LogP contribution in [0.15, 0.2) is 12.3 Å². The van der Waals surface area contributed by atoms with Crippen molar-refractivity contribution in [3.05, 3.63) is 18.0 Å². The zero-order valence-electron chi connectivity index (χ0n) is 9.32. The summed E-state index contributed by atoms with van der Waals surface area (Å²) < 4.78 is 1.93. The molecule has 1 aliphatic carbocycles. The van der Waals surface area contributed by atoms with Gasteiger partial charge in [0.1, 0.15) is 0 Å². The molecule has 2 unspecified atom stereocenters. The van der Waals surface area contributed by atoms with Crippen LogP contribution in [0.25, 0.3) is 0 Å². The van der Waals surface area contributed by atoms with E-state index in [4.69, 9.17) is 5.73 Å². The molecule has 1 aromatic rings. The van der Waals surface area contributed by atoms with Gasteiger partial charge in [0.2, 0.25) is 0 Å². The van der Waals surface area contributed by atoms with E-state index in [2.05, 4.69) is 16.5 Å². The van der Waals surface area contributed by atoms with Crippen LogP contribution in [0.1, 0.15) is 25.0 Å². The van der Waals surface area contributed by atoms with Gasteiger partial charge in [0.05, 0.1) is 0 Å². The number of nitrogens with zero attached hydrogens (tertiary/aromatic N) is 2. The number of hydrogen-bond donors (Lipinski definition) is 2.